The lowest BCUT2D eigenvalue weighted by Crippen LogP contribution is -2.20. The van der Waals surface area contributed by atoms with Crippen LogP contribution < -0.4 is 20.1 Å². The summed E-state index contributed by atoms with van der Waals surface area (Å²) >= 11 is 0. The van der Waals surface area contributed by atoms with Gasteiger partial charge in [-0.3, -0.25) is 9.59 Å². The molecule has 0 unspecified atom stereocenters. The molecule has 2 N–H and O–H groups in total. The Hall–Kier alpha value is -3.74. The summed E-state index contributed by atoms with van der Waals surface area (Å²) in [5.74, 6) is 0.955. The fourth-order valence-corrected chi connectivity index (χ4v) is 2.57. The number of para-hydroxylation sites is 2. The van der Waals surface area contributed by atoms with Crippen molar-refractivity contribution >= 4 is 23.2 Å². The molecule has 0 bridgehead atoms. The SMILES string of the molecule is COc1ccccc1OCC(=O)Nc1cccc(NC(=O)c2ccoc2C)c1. The predicted molar refractivity (Wildman–Crippen MR) is 105 cm³/mol. The molecule has 2 aromatic carbocycles. The Morgan fingerprint density at radius 1 is 0.964 bits per heavy atom. The molecule has 0 spiro atoms. The summed E-state index contributed by atoms with van der Waals surface area (Å²) in [5.41, 5.74) is 1.55. The molecule has 0 saturated carbocycles. The topological polar surface area (TPSA) is 89.8 Å². The number of furan rings is 1. The number of hydrogen-bond donors (Lipinski definition) is 2. The number of benzene rings is 2. The maximum atomic E-state index is 12.3. The second-order valence-electron chi connectivity index (χ2n) is 5.91. The van der Waals surface area contributed by atoms with Gasteiger partial charge >= 0.3 is 0 Å². The molecule has 0 fully saturated rings. The molecule has 0 aliphatic carbocycles. The minimum absolute atomic E-state index is 0.175. The molecule has 7 nitrogen and oxygen atoms in total. The second-order valence-corrected chi connectivity index (χ2v) is 5.91. The number of amides is 2. The van der Waals surface area contributed by atoms with E-state index in [0.29, 0.717) is 34.2 Å². The average Bonchev–Trinajstić information content (AvgIpc) is 3.13. The van der Waals surface area contributed by atoms with Gasteiger partial charge in [0.05, 0.1) is 18.9 Å². The summed E-state index contributed by atoms with van der Waals surface area (Å²) in [6, 6.07) is 15.5. The van der Waals surface area contributed by atoms with Crippen LogP contribution in [0.5, 0.6) is 11.5 Å². The smallest absolute Gasteiger partial charge is 0.262 e. The first-order valence-electron chi connectivity index (χ1n) is 8.58. The zero-order valence-electron chi connectivity index (χ0n) is 15.5. The molecule has 3 aromatic rings. The van der Waals surface area contributed by atoms with Crippen LogP contribution in [0.1, 0.15) is 16.1 Å². The number of hydrogen-bond acceptors (Lipinski definition) is 5. The molecule has 28 heavy (non-hydrogen) atoms. The van der Waals surface area contributed by atoms with E-state index in [1.54, 1.807) is 55.5 Å². The Bertz CT molecular complexity index is 980. The number of carbonyl (C=O) groups is 2. The first-order valence-corrected chi connectivity index (χ1v) is 8.58. The van der Waals surface area contributed by atoms with E-state index in [0.717, 1.165) is 0 Å². The van der Waals surface area contributed by atoms with Crippen molar-refractivity contribution in [3.63, 3.8) is 0 Å². The molecule has 0 aliphatic rings. The Labute approximate surface area is 162 Å². The lowest BCUT2D eigenvalue weighted by atomic mass is 10.2. The van der Waals surface area contributed by atoms with E-state index >= 15 is 0 Å². The average molecular weight is 380 g/mol. The molecule has 0 aliphatic heterocycles. The van der Waals surface area contributed by atoms with E-state index in [2.05, 4.69) is 10.6 Å². The van der Waals surface area contributed by atoms with Crippen molar-refractivity contribution in [2.45, 2.75) is 6.92 Å². The standard InChI is InChI=1S/C21H20N2O5/c1-14-17(10-11-27-14)21(25)23-16-7-5-6-15(12-16)22-20(24)13-28-19-9-4-3-8-18(19)26-2/h3-12H,13H2,1-2H3,(H,22,24)(H,23,25). The largest absolute Gasteiger partial charge is 0.493 e. The van der Waals surface area contributed by atoms with Crippen LogP contribution in [0.15, 0.2) is 65.3 Å². The van der Waals surface area contributed by atoms with E-state index in [1.165, 1.54) is 13.4 Å². The van der Waals surface area contributed by atoms with Gasteiger partial charge in [0.25, 0.3) is 11.8 Å². The third kappa shape index (κ3) is 4.70. The van der Waals surface area contributed by atoms with Crippen molar-refractivity contribution in [1.29, 1.82) is 0 Å². The molecular weight excluding hydrogens is 360 g/mol. The minimum atomic E-state index is -0.333. The highest BCUT2D eigenvalue weighted by Gasteiger charge is 2.12. The molecule has 3 rings (SSSR count). The van der Waals surface area contributed by atoms with Crippen molar-refractivity contribution in [2.75, 3.05) is 24.4 Å². The fraction of sp³-hybridized carbons (Fsp3) is 0.143. The molecule has 144 valence electrons. The van der Waals surface area contributed by atoms with Gasteiger partial charge in [0, 0.05) is 11.4 Å². The number of nitrogens with one attached hydrogen (secondary N) is 2. The highest BCUT2D eigenvalue weighted by atomic mass is 16.5. The van der Waals surface area contributed by atoms with E-state index < -0.39 is 0 Å². The van der Waals surface area contributed by atoms with Crippen molar-refractivity contribution < 1.29 is 23.5 Å². The van der Waals surface area contributed by atoms with Crippen LogP contribution in [-0.2, 0) is 4.79 Å². The first kappa shape index (κ1) is 19.0. The quantitative estimate of drug-likeness (QED) is 0.649. The van der Waals surface area contributed by atoms with Crippen LogP contribution in [0.25, 0.3) is 0 Å². The molecule has 7 heteroatoms. The minimum Gasteiger partial charge on any atom is -0.493 e. The zero-order valence-corrected chi connectivity index (χ0v) is 15.5. The van der Waals surface area contributed by atoms with Crippen molar-refractivity contribution in [3.8, 4) is 11.5 Å². The monoisotopic (exact) mass is 380 g/mol. The Balaban J connectivity index is 1.58. The van der Waals surface area contributed by atoms with Gasteiger partial charge in [0.1, 0.15) is 5.76 Å². The molecule has 0 atom stereocenters. The van der Waals surface area contributed by atoms with Gasteiger partial charge in [-0.25, -0.2) is 0 Å². The third-order valence-electron chi connectivity index (χ3n) is 3.94. The van der Waals surface area contributed by atoms with Crippen LogP contribution in [0, 0.1) is 6.92 Å². The fourth-order valence-electron chi connectivity index (χ4n) is 2.57. The number of methoxy groups -OCH3 is 1. The van der Waals surface area contributed by atoms with Gasteiger partial charge in [0.15, 0.2) is 18.1 Å². The van der Waals surface area contributed by atoms with Crippen molar-refractivity contribution in [2.24, 2.45) is 0 Å². The van der Waals surface area contributed by atoms with Crippen LogP contribution in [0.3, 0.4) is 0 Å². The number of aryl methyl sites for hydroxylation is 1. The van der Waals surface area contributed by atoms with Gasteiger partial charge in [-0.1, -0.05) is 18.2 Å². The second kappa shape index (κ2) is 8.77. The Kier molecular flexibility index (Phi) is 5.96. The van der Waals surface area contributed by atoms with Crippen molar-refractivity contribution in [3.05, 3.63) is 72.2 Å². The number of rotatable bonds is 7. The lowest BCUT2D eigenvalue weighted by molar-refractivity contribution is -0.118. The summed E-state index contributed by atoms with van der Waals surface area (Å²) in [5, 5.41) is 5.51. The van der Waals surface area contributed by atoms with Gasteiger partial charge < -0.3 is 24.5 Å². The van der Waals surface area contributed by atoms with Gasteiger partial charge in [-0.05, 0) is 43.3 Å². The highest BCUT2D eigenvalue weighted by molar-refractivity contribution is 6.05. The van der Waals surface area contributed by atoms with Gasteiger partial charge in [0.2, 0.25) is 0 Å². The summed E-state index contributed by atoms with van der Waals surface area (Å²) in [6.07, 6.45) is 1.46. The summed E-state index contributed by atoms with van der Waals surface area (Å²) < 4.78 is 15.8. The van der Waals surface area contributed by atoms with E-state index in [1.807, 2.05) is 6.07 Å². The van der Waals surface area contributed by atoms with E-state index in [-0.39, 0.29) is 18.4 Å². The van der Waals surface area contributed by atoms with Crippen LogP contribution >= 0.6 is 0 Å². The Morgan fingerprint density at radius 3 is 2.36 bits per heavy atom. The van der Waals surface area contributed by atoms with Crippen LogP contribution in [-0.4, -0.2) is 25.5 Å². The molecule has 1 heterocycles. The summed E-state index contributed by atoms with van der Waals surface area (Å²) in [7, 11) is 1.53. The zero-order chi connectivity index (χ0) is 19.9. The van der Waals surface area contributed by atoms with Crippen LogP contribution in [0.4, 0.5) is 11.4 Å². The molecule has 1 aromatic heterocycles. The summed E-state index contributed by atoms with van der Waals surface area (Å²) in [6.45, 7) is 1.54. The molecule has 0 saturated heterocycles. The number of anilines is 2. The number of ether oxygens (including phenoxy) is 2. The molecular formula is C21H20N2O5. The third-order valence-corrected chi connectivity index (χ3v) is 3.94. The molecule has 0 radical (unpaired) electrons. The molecule has 2 amide bonds. The van der Waals surface area contributed by atoms with E-state index in [9.17, 15) is 9.59 Å². The van der Waals surface area contributed by atoms with Gasteiger partial charge in [-0.2, -0.15) is 0 Å². The normalized spacial score (nSPS) is 10.2. The lowest BCUT2D eigenvalue weighted by Gasteiger charge is -2.11. The maximum Gasteiger partial charge on any atom is 0.262 e. The predicted octanol–water partition coefficient (Wildman–Crippen LogP) is 3.87. The van der Waals surface area contributed by atoms with E-state index in [4.69, 9.17) is 13.9 Å². The summed E-state index contributed by atoms with van der Waals surface area (Å²) in [4.78, 5) is 24.4. The maximum absolute atomic E-state index is 12.3. The Morgan fingerprint density at radius 2 is 1.68 bits per heavy atom. The van der Waals surface area contributed by atoms with Crippen molar-refractivity contribution in [1.82, 2.24) is 0 Å². The first-order chi connectivity index (χ1) is 13.6. The number of carbonyl (C=O) groups excluding carboxylic acids is 2. The highest BCUT2D eigenvalue weighted by Crippen LogP contribution is 2.25. The van der Waals surface area contributed by atoms with Gasteiger partial charge in [-0.15, -0.1) is 0 Å². The van der Waals surface area contributed by atoms with Crippen LogP contribution in [0.2, 0.25) is 0 Å².